The van der Waals surface area contributed by atoms with Gasteiger partial charge in [0.05, 0.1) is 5.69 Å². The minimum absolute atomic E-state index is 0.0398. The van der Waals surface area contributed by atoms with Crippen LogP contribution in [0.15, 0.2) is 41.3 Å². The highest BCUT2D eigenvalue weighted by molar-refractivity contribution is 7.89. The van der Waals surface area contributed by atoms with Gasteiger partial charge in [0, 0.05) is 6.07 Å². The third kappa shape index (κ3) is 3.34. The van der Waals surface area contributed by atoms with E-state index in [9.17, 15) is 8.42 Å². The van der Waals surface area contributed by atoms with Gasteiger partial charge >= 0.3 is 0 Å². The molecule has 0 aromatic heterocycles. The molecule has 0 heterocycles. The fraction of sp³-hybridized carbons (Fsp3) is 0.200. The molecule has 0 spiro atoms. The molecule has 0 saturated heterocycles. The van der Waals surface area contributed by atoms with Crippen LogP contribution >= 0.6 is 0 Å². The molecule has 5 nitrogen and oxygen atoms in total. The van der Waals surface area contributed by atoms with Crippen molar-refractivity contribution < 1.29 is 13.2 Å². The maximum atomic E-state index is 11.8. The molecule has 0 aliphatic carbocycles. The maximum Gasteiger partial charge on any atom is 0.242 e. The molecule has 0 amide bonds. The highest BCUT2D eigenvalue weighted by Gasteiger charge is 2.15. The van der Waals surface area contributed by atoms with Gasteiger partial charge in [-0.1, -0.05) is 17.7 Å². The minimum atomic E-state index is -3.56. The SMILES string of the molecule is CNS(=O)(=O)c1ccc(Oc2ccc(C)cc2C)cc1N. The minimum Gasteiger partial charge on any atom is -0.457 e. The average Bonchev–Trinajstić information content (AvgIpc) is 2.42. The predicted molar refractivity (Wildman–Crippen MR) is 83.1 cm³/mol. The Kier molecular flexibility index (Phi) is 4.20. The summed E-state index contributed by atoms with van der Waals surface area (Å²) in [5, 5.41) is 0. The molecule has 2 rings (SSSR count). The van der Waals surface area contributed by atoms with Crippen molar-refractivity contribution in [2.24, 2.45) is 0 Å². The van der Waals surface area contributed by atoms with Crippen molar-refractivity contribution >= 4 is 15.7 Å². The Morgan fingerprint density at radius 1 is 1.10 bits per heavy atom. The smallest absolute Gasteiger partial charge is 0.242 e. The van der Waals surface area contributed by atoms with Crippen molar-refractivity contribution in [2.75, 3.05) is 12.8 Å². The molecule has 0 atom stereocenters. The van der Waals surface area contributed by atoms with Gasteiger partial charge in [0.15, 0.2) is 0 Å². The van der Waals surface area contributed by atoms with Crippen LogP contribution in [0.5, 0.6) is 11.5 Å². The number of aryl methyl sites for hydroxylation is 2. The van der Waals surface area contributed by atoms with E-state index in [4.69, 9.17) is 10.5 Å². The van der Waals surface area contributed by atoms with E-state index in [0.717, 1.165) is 11.1 Å². The van der Waals surface area contributed by atoms with Gasteiger partial charge in [-0.25, -0.2) is 13.1 Å². The summed E-state index contributed by atoms with van der Waals surface area (Å²) in [5.41, 5.74) is 8.09. The molecule has 21 heavy (non-hydrogen) atoms. The molecule has 112 valence electrons. The number of hydrogen-bond donors (Lipinski definition) is 2. The Labute approximate surface area is 124 Å². The number of nitrogens with two attached hydrogens (primary N) is 1. The zero-order valence-corrected chi connectivity index (χ0v) is 13.0. The standard InChI is InChI=1S/C15H18N2O3S/c1-10-4-6-14(11(2)8-10)20-12-5-7-15(13(16)9-12)21(18,19)17-3/h4-9,17H,16H2,1-3H3. The van der Waals surface area contributed by atoms with Crippen LogP contribution in [0.2, 0.25) is 0 Å². The first-order valence-corrected chi connectivity index (χ1v) is 7.90. The molecule has 0 radical (unpaired) electrons. The number of ether oxygens (including phenoxy) is 1. The summed E-state index contributed by atoms with van der Waals surface area (Å²) in [4.78, 5) is 0.0398. The van der Waals surface area contributed by atoms with E-state index in [1.165, 1.54) is 19.2 Å². The second kappa shape index (κ2) is 5.75. The zero-order chi connectivity index (χ0) is 15.6. The zero-order valence-electron chi connectivity index (χ0n) is 12.2. The highest BCUT2D eigenvalue weighted by atomic mass is 32.2. The molecule has 0 saturated carbocycles. The second-order valence-corrected chi connectivity index (χ2v) is 6.63. The van der Waals surface area contributed by atoms with Gasteiger partial charge in [0.25, 0.3) is 0 Å². The van der Waals surface area contributed by atoms with Crippen molar-refractivity contribution in [1.29, 1.82) is 0 Å². The molecule has 0 aliphatic rings. The van der Waals surface area contributed by atoms with E-state index in [1.807, 2.05) is 32.0 Å². The van der Waals surface area contributed by atoms with Crippen molar-refractivity contribution in [1.82, 2.24) is 4.72 Å². The lowest BCUT2D eigenvalue weighted by Crippen LogP contribution is -2.19. The van der Waals surface area contributed by atoms with E-state index in [2.05, 4.69) is 4.72 Å². The lowest BCUT2D eigenvalue weighted by Gasteiger charge is -2.12. The van der Waals surface area contributed by atoms with E-state index in [1.54, 1.807) is 6.07 Å². The Hall–Kier alpha value is -2.05. The predicted octanol–water partition coefficient (Wildman–Crippen LogP) is 2.59. The summed E-state index contributed by atoms with van der Waals surface area (Å²) < 4.78 is 31.5. The fourth-order valence-corrected chi connectivity index (χ4v) is 2.82. The Morgan fingerprint density at radius 3 is 2.38 bits per heavy atom. The fourth-order valence-electron chi connectivity index (χ4n) is 1.99. The number of benzene rings is 2. The summed E-state index contributed by atoms with van der Waals surface area (Å²) >= 11 is 0. The molecular formula is C15H18N2O3S. The largest absolute Gasteiger partial charge is 0.457 e. The van der Waals surface area contributed by atoms with Crippen LogP contribution in [0.1, 0.15) is 11.1 Å². The summed E-state index contributed by atoms with van der Waals surface area (Å²) in [6, 6.07) is 10.4. The molecule has 0 unspecified atom stereocenters. The van der Waals surface area contributed by atoms with Crippen LogP contribution in [0.3, 0.4) is 0 Å². The number of hydrogen-bond acceptors (Lipinski definition) is 4. The number of rotatable bonds is 4. The lowest BCUT2D eigenvalue weighted by atomic mass is 10.1. The van der Waals surface area contributed by atoms with Gasteiger partial charge in [-0.05, 0) is 44.7 Å². The maximum absolute atomic E-state index is 11.8. The number of nitrogens with one attached hydrogen (secondary N) is 1. The molecule has 2 aromatic carbocycles. The van der Waals surface area contributed by atoms with Crippen LogP contribution < -0.4 is 15.2 Å². The first kappa shape index (κ1) is 15.3. The Bertz CT molecular complexity index is 770. The van der Waals surface area contributed by atoms with Gasteiger partial charge in [-0.2, -0.15) is 0 Å². The van der Waals surface area contributed by atoms with Crippen LogP contribution in [0, 0.1) is 13.8 Å². The third-order valence-electron chi connectivity index (χ3n) is 3.10. The van der Waals surface area contributed by atoms with E-state index < -0.39 is 10.0 Å². The summed E-state index contributed by atoms with van der Waals surface area (Å²) in [5.74, 6) is 1.21. The van der Waals surface area contributed by atoms with E-state index in [0.29, 0.717) is 11.5 Å². The molecule has 0 bridgehead atoms. The van der Waals surface area contributed by atoms with Crippen LogP contribution in [0.25, 0.3) is 0 Å². The quantitative estimate of drug-likeness (QED) is 0.851. The summed E-state index contributed by atoms with van der Waals surface area (Å²) in [6.07, 6.45) is 0. The van der Waals surface area contributed by atoms with E-state index >= 15 is 0 Å². The number of nitrogen functional groups attached to an aromatic ring is 1. The topological polar surface area (TPSA) is 81.4 Å². The molecule has 6 heteroatoms. The van der Waals surface area contributed by atoms with Gasteiger partial charge in [0.2, 0.25) is 10.0 Å². The van der Waals surface area contributed by atoms with Crippen molar-refractivity contribution in [3.8, 4) is 11.5 Å². The summed E-state index contributed by atoms with van der Waals surface area (Å²) in [7, 11) is -2.22. The average molecular weight is 306 g/mol. The monoisotopic (exact) mass is 306 g/mol. The lowest BCUT2D eigenvalue weighted by molar-refractivity contribution is 0.478. The van der Waals surface area contributed by atoms with Gasteiger partial charge in [-0.3, -0.25) is 0 Å². The molecule has 3 N–H and O–H groups in total. The van der Waals surface area contributed by atoms with Crippen LogP contribution in [0.4, 0.5) is 5.69 Å². The first-order chi connectivity index (χ1) is 9.83. The second-order valence-electron chi connectivity index (χ2n) is 4.78. The van der Waals surface area contributed by atoms with Gasteiger partial charge < -0.3 is 10.5 Å². The van der Waals surface area contributed by atoms with Gasteiger partial charge in [-0.15, -0.1) is 0 Å². The van der Waals surface area contributed by atoms with Gasteiger partial charge in [0.1, 0.15) is 16.4 Å². The molecular weight excluding hydrogens is 288 g/mol. The third-order valence-corrected chi connectivity index (χ3v) is 4.59. The van der Waals surface area contributed by atoms with Crippen molar-refractivity contribution in [2.45, 2.75) is 18.7 Å². The highest BCUT2D eigenvalue weighted by Crippen LogP contribution is 2.29. The molecule has 0 fully saturated rings. The first-order valence-electron chi connectivity index (χ1n) is 6.41. The van der Waals surface area contributed by atoms with Crippen LogP contribution in [-0.2, 0) is 10.0 Å². The number of anilines is 1. The normalized spacial score (nSPS) is 11.4. The summed E-state index contributed by atoms with van der Waals surface area (Å²) in [6.45, 7) is 3.96. The molecule has 2 aromatic rings. The number of sulfonamides is 1. The Balaban J connectivity index is 2.33. The van der Waals surface area contributed by atoms with Crippen molar-refractivity contribution in [3.05, 3.63) is 47.5 Å². The van der Waals surface area contributed by atoms with Crippen LogP contribution in [-0.4, -0.2) is 15.5 Å². The Morgan fingerprint density at radius 2 is 1.81 bits per heavy atom. The van der Waals surface area contributed by atoms with E-state index in [-0.39, 0.29) is 10.6 Å². The molecule has 0 aliphatic heterocycles. The van der Waals surface area contributed by atoms with Crippen molar-refractivity contribution in [3.63, 3.8) is 0 Å².